The van der Waals surface area contributed by atoms with E-state index in [1.807, 2.05) is 48.8 Å². The summed E-state index contributed by atoms with van der Waals surface area (Å²) in [6, 6.07) is 56.5. The Balaban J connectivity index is 0.00000361. The van der Waals surface area contributed by atoms with Crippen molar-refractivity contribution in [1.82, 2.24) is 14.5 Å². The zero-order valence-corrected chi connectivity index (χ0v) is 31.4. The number of rotatable bonds is 5. The molecule has 0 radical (unpaired) electrons. The number of benzene rings is 6. The zero-order valence-electron chi connectivity index (χ0n) is 29.2. The standard InChI is InChI=1S/C48H30N4O.Pt/c1-30-17-20-37-39-27-35(28-40(41-15-7-9-23-49-41)48(39)53-44(37)25-30)51(33-12-3-2-4-13-33)34-19-21-38-43(29-34)52(45-16-8-10-24-50-45)42-22-18-32-26-31-11-5-6-14-36(31)46(32)47(38)42;/h2-25,27H,26H2,1H3;/q-2;+2. The SMILES string of the molecule is Cc1ccc2c(c1)oc1c(-c3ccccn3)[c-]c(N(c3[c-]c4c(cc3)c3c5c(ccc3n4-c3ccccn3)Cc3ccccc3-5)c3ccccc3)cc12.[Pt+2]. The summed E-state index contributed by atoms with van der Waals surface area (Å²) in [5.41, 5.74) is 14.5. The number of fused-ring (bicyclic) bond motifs is 10. The molecule has 0 saturated heterocycles. The molecule has 11 rings (SSSR count). The van der Waals surface area contributed by atoms with Crippen molar-refractivity contribution in [2.75, 3.05) is 4.90 Å². The van der Waals surface area contributed by atoms with E-state index in [1.54, 1.807) is 0 Å². The molecule has 6 heteroatoms. The maximum absolute atomic E-state index is 6.57. The second-order valence-electron chi connectivity index (χ2n) is 13.7. The average molecular weight is 874 g/mol. The van der Waals surface area contributed by atoms with Gasteiger partial charge in [-0.15, -0.1) is 29.7 Å². The monoisotopic (exact) mass is 873 g/mol. The van der Waals surface area contributed by atoms with Gasteiger partial charge in [-0.2, -0.15) is 6.07 Å². The number of para-hydroxylation sites is 1. The van der Waals surface area contributed by atoms with Gasteiger partial charge in [0.1, 0.15) is 11.4 Å². The molecule has 0 bridgehead atoms. The topological polar surface area (TPSA) is 47.1 Å². The number of hydrogen-bond donors (Lipinski definition) is 0. The molecule has 0 spiro atoms. The summed E-state index contributed by atoms with van der Waals surface area (Å²) >= 11 is 0. The molecule has 4 heterocycles. The first-order valence-electron chi connectivity index (χ1n) is 17.9. The summed E-state index contributed by atoms with van der Waals surface area (Å²) < 4.78 is 8.84. The van der Waals surface area contributed by atoms with Crippen molar-refractivity contribution in [3.05, 3.63) is 181 Å². The molecule has 10 aromatic rings. The zero-order chi connectivity index (χ0) is 35.0. The van der Waals surface area contributed by atoms with Gasteiger partial charge in [-0.3, -0.25) is 0 Å². The number of anilines is 3. The van der Waals surface area contributed by atoms with Crippen LogP contribution in [0, 0.1) is 19.1 Å². The van der Waals surface area contributed by atoms with Crippen LogP contribution in [0.1, 0.15) is 16.7 Å². The van der Waals surface area contributed by atoms with Crippen molar-refractivity contribution < 1.29 is 25.5 Å². The number of hydrogen-bond acceptors (Lipinski definition) is 4. The minimum absolute atomic E-state index is 0. The molecule has 1 aliphatic carbocycles. The second-order valence-corrected chi connectivity index (χ2v) is 13.7. The van der Waals surface area contributed by atoms with Crippen molar-refractivity contribution in [2.24, 2.45) is 0 Å². The van der Waals surface area contributed by atoms with E-state index in [-0.39, 0.29) is 21.1 Å². The van der Waals surface area contributed by atoms with Crippen LogP contribution in [-0.4, -0.2) is 14.5 Å². The fraction of sp³-hybridized carbons (Fsp3) is 0.0417. The summed E-state index contributed by atoms with van der Waals surface area (Å²) in [5.74, 6) is 0.851. The van der Waals surface area contributed by atoms with Gasteiger partial charge in [0, 0.05) is 29.0 Å². The smallest absolute Gasteiger partial charge is 0.501 e. The van der Waals surface area contributed by atoms with Gasteiger partial charge in [0.15, 0.2) is 0 Å². The van der Waals surface area contributed by atoms with Crippen molar-refractivity contribution >= 4 is 60.8 Å². The fourth-order valence-corrected chi connectivity index (χ4v) is 8.20. The van der Waals surface area contributed by atoms with Gasteiger partial charge in [0.2, 0.25) is 0 Å². The number of nitrogens with zero attached hydrogens (tertiary/aromatic N) is 4. The summed E-state index contributed by atoms with van der Waals surface area (Å²) in [4.78, 5) is 11.9. The molecule has 5 nitrogen and oxygen atoms in total. The predicted molar refractivity (Wildman–Crippen MR) is 214 cm³/mol. The number of aromatic nitrogens is 3. The molecular weight excluding hydrogens is 844 g/mol. The van der Waals surface area contributed by atoms with E-state index in [0.717, 1.165) is 84.5 Å². The van der Waals surface area contributed by atoms with Crippen LogP contribution in [0.15, 0.2) is 156 Å². The van der Waals surface area contributed by atoms with Crippen molar-refractivity contribution in [1.29, 1.82) is 0 Å². The predicted octanol–water partition coefficient (Wildman–Crippen LogP) is 12.1. The number of aryl methyl sites for hydroxylation is 1. The summed E-state index contributed by atoms with van der Waals surface area (Å²) in [6.45, 7) is 2.09. The Morgan fingerprint density at radius 3 is 2.30 bits per heavy atom. The van der Waals surface area contributed by atoms with Crippen LogP contribution in [0.3, 0.4) is 0 Å². The van der Waals surface area contributed by atoms with E-state index in [0.29, 0.717) is 0 Å². The average Bonchev–Trinajstić information content (AvgIpc) is 3.87. The van der Waals surface area contributed by atoms with Gasteiger partial charge in [0.25, 0.3) is 0 Å². The minimum Gasteiger partial charge on any atom is -0.501 e. The maximum Gasteiger partial charge on any atom is 2.00 e. The van der Waals surface area contributed by atoms with Crippen LogP contribution in [0.4, 0.5) is 17.1 Å². The third kappa shape index (κ3) is 4.96. The molecular formula is C48H30N4OPt. The van der Waals surface area contributed by atoms with Gasteiger partial charge < -0.3 is 18.9 Å². The van der Waals surface area contributed by atoms with E-state index in [4.69, 9.17) is 14.4 Å². The Hall–Kier alpha value is -6.29. The summed E-state index contributed by atoms with van der Waals surface area (Å²) in [6.07, 6.45) is 4.60. The van der Waals surface area contributed by atoms with Gasteiger partial charge in [-0.05, 0) is 100 Å². The maximum atomic E-state index is 6.57. The van der Waals surface area contributed by atoms with Crippen LogP contribution in [-0.2, 0) is 27.5 Å². The Morgan fingerprint density at radius 2 is 1.46 bits per heavy atom. The van der Waals surface area contributed by atoms with Crippen molar-refractivity contribution in [3.63, 3.8) is 0 Å². The van der Waals surface area contributed by atoms with Crippen LogP contribution in [0.25, 0.3) is 71.9 Å². The van der Waals surface area contributed by atoms with Crippen LogP contribution < -0.4 is 4.90 Å². The first-order valence-corrected chi connectivity index (χ1v) is 17.9. The van der Waals surface area contributed by atoms with Crippen LogP contribution >= 0.6 is 0 Å². The molecule has 4 aromatic heterocycles. The molecule has 0 atom stereocenters. The third-order valence-electron chi connectivity index (χ3n) is 10.5. The Kier molecular flexibility index (Phi) is 7.60. The molecule has 6 aromatic carbocycles. The van der Waals surface area contributed by atoms with Gasteiger partial charge in [-0.1, -0.05) is 101 Å². The molecule has 0 saturated carbocycles. The van der Waals surface area contributed by atoms with E-state index < -0.39 is 0 Å². The van der Waals surface area contributed by atoms with Crippen molar-refractivity contribution in [3.8, 4) is 28.2 Å². The largest absolute Gasteiger partial charge is 2.00 e. The van der Waals surface area contributed by atoms with Gasteiger partial charge in [0.05, 0.1) is 5.58 Å². The molecule has 0 fully saturated rings. The number of pyridine rings is 2. The summed E-state index contributed by atoms with van der Waals surface area (Å²) in [7, 11) is 0. The summed E-state index contributed by atoms with van der Waals surface area (Å²) in [5, 5.41) is 4.43. The Labute approximate surface area is 326 Å². The molecule has 0 N–H and O–H groups in total. The Morgan fingerprint density at radius 1 is 0.667 bits per heavy atom. The molecule has 1 aliphatic rings. The van der Waals surface area contributed by atoms with Crippen LogP contribution in [0.2, 0.25) is 0 Å². The second kappa shape index (κ2) is 12.7. The first-order chi connectivity index (χ1) is 26.2. The van der Waals surface area contributed by atoms with E-state index in [2.05, 4.69) is 132 Å². The van der Waals surface area contributed by atoms with Gasteiger partial charge in [-0.25, -0.2) is 4.98 Å². The molecule has 54 heavy (non-hydrogen) atoms. The Bertz CT molecular complexity index is 3040. The van der Waals surface area contributed by atoms with E-state index in [1.165, 1.54) is 27.6 Å². The van der Waals surface area contributed by atoms with Crippen molar-refractivity contribution in [2.45, 2.75) is 13.3 Å². The molecule has 0 aliphatic heterocycles. The molecule has 0 unspecified atom stereocenters. The van der Waals surface area contributed by atoms with Gasteiger partial charge >= 0.3 is 21.1 Å². The van der Waals surface area contributed by atoms with Crippen LogP contribution in [0.5, 0.6) is 0 Å². The van der Waals surface area contributed by atoms with E-state index in [9.17, 15) is 0 Å². The third-order valence-corrected chi connectivity index (χ3v) is 10.5. The fourth-order valence-electron chi connectivity index (χ4n) is 8.20. The van der Waals surface area contributed by atoms with E-state index >= 15 is 0 Å². The quantitative estimate of drug-likeness (QED) is 0.162. The normalized spacial score (nSPS) is 11.9. The first kappa shape index (κ1) is 32.4. The number of furan rings is 1. The molecule has 258 valence electrons. The minimum atomic E-state index is 0. The molecule has 0 amide bonds.